The third-order valence-electron chi connectivity index (χ3n) is 3.09. The van der Waals surface area contributed by atoms with Gasteiger partial charge in [-0.3, -0.25) is 14.5 Å². The van der Waals surface area contributed by atoms with Crippen molar-refractivity contribution in [1.82, 2.24) is 14.8 Å². The maximum atomic E-state index is 12.0. The molecule has 2 aromatic heterocycles. The Morgan fingerprint density at radius 2 is 2.10 bits per heavy atom. The molecular formula is C16H13N3O. The Bertz CT molecular complexity index is 797. The van der Waals surface area contributed by atoms with Crippen LogP contribution in [0.3, 0.4) is 0 Å². The predicted octanol–water partition coefficient (Wildman–Crippen LogP) is 2.86. The van der Waals surface area contributed by atoms with E-state index in [4.69, 9.17) is 0 Å². The second-order valence-corrected chi connectivity index (χ2v) is 4.52. The summed E-state index contributed by atoms with van der Waals surface area (Å²) in [4.78, 5) is 16.3. The third kappa shape index (κ3) is 2.36. The number of benzene rings is 1. The Morgan fingerprint density at radius 1 is 1.25 bits per heavy atom. The van der Waals surface area contributed by atoms with Gasteiger partial charge >= 0.3 is 0 Å². The second-order valence-electron chi connectivity index (χ2n) is 4.52. The molecule has 0 bridgehead atoms. The van der Waals surface area contributed by atoms with Crippen molar-refractivity contribution in [2.75, 3.05) is 0 Å². The minimum atomic E-state index is -0.0565. The van der Waals surface area contributed by atoms with Gasteiger partial charge in [-0.25, -0.2) is 0 Å². The molecule has 3 rings (SSSR count). The summed E-state index contributed by atoms with van der Waals surface area (Å²) >= 11 is 0. The van der Waals surface area contributed by atoms with E-state index in [9.17, 15) is 4.79 Å². The maximum absolute atomic E-state index is 12.0. The first kappa shape index (κ1) is 12.3. The number of aryl methyl sites for hydroxylation is 1. The number of allylic oxidation sites excluding steroid dienone is 1. The SMILES string of the molecule is Cn1cc(C(=O)/C=C/c2ccnc3ccccc23)cn1. The first-order valence-electron chi connectivity index (χ1n) is 6.29. The zero-order chi connectivity index (χ0) is 13.9. The molecule has 0 fully saturated rings. The van der Waals surface area contributed by atoms with E-state index in [1.54, 1.807) is 36.4 Å². The molecule has 1 aromatic carbocycles. The summed E-state index contributed by atoms with van der Waals surface area (Å²) in [5.41, 5.74) is 2.48. The number of para-hydroxylation sites is 1. The van der Waals surface area contributed by atoms with Crippen LogP contribution in [0.1, 0.15) is 15.9 Å². The highest BCUT2D eigenvalue weighted by molar-refractivity contribution is 6.07. The Hall–Kier alpha value is -2.75. The lowest BCUT2D eigenvalue weighted by Gasteiger charge is -2.00. The van der Waals surface area contributed by atoms with Crippen LogP contribution in [0.5, 0.6) is 0 Å². The average Bonchev–Trinajstić information content (AvgIpc) is 2.91. The number of carbonyl (C=O) groups is 1. The molecule has 3 aromatic rings. The zero-order valence-electron chi connectivity index (χ0n) is 11.0. The summed E-state index contributed by atoms with van der Waals surface area (Å²) in [6, 6.07) is 9.76. The zero-order valence-corrected chi connectivity index (χ0v) is 11.0. The highest BCUT2D eigenvalue weighted by atomic mass is 16.1. The van der Waals surface area contributed by atoms with E-state index >= 15 is 0 Å². The Labute approximate surface area is 116 Å². The van der Waals surface area contributed by atoms with Crippen molar-refractivity contribution in [2.45, 2.75) is 0 Å². The van der Waals surface area contributed by atoms with Crippen molar-refractivity contribution in [1.29, 1.82) is 0 Å². The molecule has 4 nitrogen and oxygen atoms in total. The quantitative estimate of drug-likeness (QED) is 0.539. The molecule has 0 N–H and O–H groups in total. The molecule has 0 aliphatic carbocycles. The molecule has 98 valence electrons. The molecule has 0 saturated heterocycles. The molecule has 0 unspecified atom stereocenters. The van der Waals surface area contributed by atoms with Gasteiger partial charge < -0.3 is 0 Å². The van der Waals surface area contributed by atoms with E-state index in [1.165, 1.54) is 0 Å². The van der Waals surface area contributed by atoms with E-state index in [0.29, 0.717) is 5.56 Å². The van der Waals surface area contributed by atoms with Crippen LogP contribution < -0.4 is 0 Å². The molecule has 4 heteroatoms. The van der Waals surface area contributed by atoms with E-state index in [-0.39, 0.29) is 5.78 Å². The van der Waals surface area contributed by atoms with Crippen LogP contribution in [0.15, 0.2) is 55.0 Å². The first-order valence-corrected chi connectivity index (χ1v) is 6.29. The van der Waals surface area contributed by atoms with Crippen LogP contribution in [0.25, 0.3) is 17.0 Å². The third-order valence-corrected chi connectivity index (χ3v) is 3.09. The minimum absolute atomic E-state index is 0.0565. The maximum Gasteiger partial charge on any atom is 0.189 e. The topological polar surface area (TPSA) is 47.8 Å². The fraction of sp³-hybridized carbons (Fsp3) is 0.0625. The van der Waals surface area contributed by atoms with Crippen molar-refractivity contribution >= 4 is 22.8 Å². The van der Waals surface area contributed by atoms with Crippen LogP contribution >= 0.6 is 0 Å². The van der Waals surface area contributed by atoms with Crippen LogP contribution in [0.2, 0.25) is 0 Å². The van der Waals surface area contributed by atoms with E-state index in [1.807, 2.05) is 36.4 Å². The number of rotatable bonds is 3. The van der Waals surface area contributed by atoms with E-state index in [2.05, 4.69) is 10.1 Å². The largest absolute Gasteiger partial charge is 0.289 e. The van der Waals surface area contributed by atoms with Gasteiger partial charge in [0.05, 0.1) is 17.3 Å². The standard InChI is InChI=1S/C16H13N3O/c1-19-11-13(10-18-19)16(20)7-6-12-8-9-17-15-5-3-2-4-14(12)15/h2-11H,1H3/b7-6+. The fourth-order valence-corrected chi connectivity index (χ4v) is 2.07. The Balaban J connectivity index is 1.93. The summed E-state index contributed by atoms with van der Waals surface area (Å²) in [7, 11) is 1.79. The van der Waals surface area contributed by atoms with Crippen molar-refractivity contribution in [3.63, 3.8) is 0 Å². The van der Waals surface area contributed by atoms with E-state index in [0.717, 1.165) is 16.5 Å². The van der Waals surface area contributed by atoms with Gasteiger partial charge in [0, 0.05) is 24.8 Å². The summed E-state index contributed by atoms with van der Waals surface area (Å²) in [5, 5.41) is 5.03. The van der Waals surface area contributed by atoms with Crippen molar-refractivity contribution in [2.24, 2.45) is 7.05 Å². The molecule has 2 heterocycles. The van der Waals surface area contributed by atoms with Crippen molar-refractivity contribution in [3.05, 3.63) is 66.1 Å². The fourth-order valence-electron chi connectivity index (χ4n) is 2.07. The predicted molar refractivity (Wildman–Crippen MR) is 78.3 cm³/mol. The number of nitrogens with zero attached hydrogens (tertiary/aromatic N) is 3. The summed E-state index contributed by atoms with van der Waals surface area (Å²) in [6.45, 7) is 0. The molecule has 0 aliphatic rings. The number of aromatic nitrogens is 3. The van der Waals surface area contributed by atoms with Crippen molar-refractivity contribution in [3.8, 4) is 0 Å². The van der Waals surface area contributed by atoms with E-state index < -0.39 is 0 Å². The van der Waals surface area contributed by atoms with Gasteiger partial charge in [0.15, 0.2) is 5.78 Å². The second kappa shape index (κ2) is 5.09. The molecule has 0 radical (unpaired) electrons. The monoisotopic (exact) mass is 263 g/mol. The van der Waals surface area contributed by atoms with Crippen LogP contribution in [0.4, 0.5) is 0 Å². The van der Waals surface area contributed by atoms with Gasteiger partial charge in [-0.15, -0.1) is 0 Å². The Morgan fingerprint density at radius 3 is 2.90 bits per heavy atom. The van der Waals surface area contributed by atoms with Crippen LogP contribution in [0, 0.1) is 0 Å². The van der Waals surface area contributed by atoms with Crippen LogP contribution in [-0.2, 0) is 7.05 Å². The average molecular weight is 263 g/mol. The smallest absolute Gasteiger partial charge is 0.189 e. The molecule has 0 amide bonds. The minimum Gasteiger partial charge on any atom is -0.289 e. The number of fused-ring (bicyclic) bond motifs is 1. The normalized spacial score (nSPS) is 11.2. The lowest BCUT2D eigenvalue weighted by molar-refractivity contribution is 0.104. The van der Waals surface area contributed by atoms with Gasteiger partial charge in [0.2, 0.25) is 0 Å². The molecule has 0 saturated carbocycles. The van der Waals surface area contributed by atoms with Gasteiger partial charge in [-0.1, -0.05) is 24.3 Å². The van der Waals surface area contributed by atoms with Gasteiger partial charge in [0.25, 0.3) is 0 Å². The summed E-state index contributed by atoms with van der Waals surface area (Å²) in [5.74, 6) is -0.0565. The molecular weight excluding hydrogens is 250 g/mol. The first-order chi connectivity index (χ1) is 9.74. The lowest BCUT2D eigenvalue weighted by atomic mass is 10.1. The van der Waals surface area contributed by atoms with Crippen molar-refractivity contribution < 1.29 is 4.79 Å². The Kier molecular flexibility index (Phi) is 3.13. The molecule has 20 heavy (non-hydrogen) atoms. The number of ketones is 1. The number of hydrogen-bond donors (Lipinski definition) is 0. The molecule has 0 atom stereocenters. The lowest BCUT2D eigenvalue weighted by Crippen LogP contribution is -1.92. The highest BCUT2D eigenvalue weighted by Crippen LogP contribution is 2.17. The van der Waals surface area contributed by atoms with Gasteiger partial charge in [-0.05, 0) is 23.8 Å². The number of carbonyl (C=O) groups excluding carboxylic acids is 1. The summed E-state index contributed by atoms with van der Waals surface area (Å²) in [6.07, 6.45) is 8.41. The summed E-state index contributed by atoms with van der Waals surface area (Å²) < 4.78 is 1.61. The molecule has 0 spiro atoms. The van der Waals surface area contributed by atoms with Gasteiger partial charge in [0.1, 0.15) is 0 Å². The number of hydrogen-bond acceptors (Lipinski definition) is 3. The van der Waals surface area contributed by atoms with Crippen LogP contribution in [-0.4, -0.2) is 20.5 Å². The number of pyridine rings is 1. The highest BCUT2D eigenvalue weighted by Gasteiger charge is 2.04. The van der Waals surface area contributed by atoms with Gasteiger partial charge in [-0.2, -0.15) is 5.10 Å². The molecule has 0 aliphatic heterocycles.